The number of hydrogen-bond donors (Lipinski definition) is 1. The van der Waals surface area contributed by atoms with Crippen LogP contribution >= 0.6 is 0 Å². The van der Waals surface area contributed by atoms with E-state index < -0.39 is 0 Å². The summed E-state index contributed by atoms with van der Waals surface area (Å²) >= 11 is 0. The van der Waals surface area contributed by atoms with Gasteiger partial charge in [0.05, 0.1) is 6.04 Å². The number of rotatable bonds is 6. The minimum Gasteiger partial charge on any atom is -0.465 e. The van der Waals surface area contributed by atoms with Crippen LogP contribution in [0.25, 0.3) is 0 Å². The molecule has 1 amide bonds. The molecule has 1 atom stereocenters. The summed E-state index contributed by atoms with van der Waals surface area (Å²) in [6.45, 7) is 9.00. The van der Waals surface area contributed by atoms with E-state index in [2.05, 4.69) is 29.0 Å². The molecule has 0 aliphatic carbocycles. The highest BCUT2D eigenvalue weighted by Crippen LogP contribution is 2.22. The molecule has 5 heteroatoms. The van der Waals surface area contributed by atoms with Crippen LogP contribution in [0.5, 0.6) is 0 Å². The summed E-state index contributed by atoms with van der Waals surface area (Å²) in [5.41, 5.74) is 0. The number of amides is 1. The van der Waals surface area contributed by atoms with Gasteiger partial charge in [-0.15, -0.1) is 0 Å². The Morgan fingerprint density at radius 1 is 1.35 bits per heavy atom. The van der Waals surface area contributed by atoms with E-state index in [1.165, 1.54) is 0 Å². The van der Waals surface area contributed by atoms with Gasteiger partial charge in [0.2, 0.25) is 5.91 Å². The Labute approximate surface area is 140 Å². The van der Waals surface area contributed by atoms with E-state index >= 15 is 0 Å². The Balaban J connectivity index is 1.85. The zero-order valence-electron chi connectivity index (χ0n) is 15.1. The maximum Gasteiger partial charge on any atom is 0.223 e. The predicted molar refractivity (Wildman–Crippen MR) is 92.3 cm³/mol. The Bertz CT molecular complexity index is 502. The van der Waals surface area contributed by atoms with E-state index in [4.69, 9.17) is 4.42 Å². The molecule has 1 fully saturated rings. The fourth-order valence-corrected chi connectivity index (χ4v) is 3.19. The number of aryl methyl sites for hydroxylation is 1. The van der Waals surface area contributed by atoms with Crippen LogP contribution in [0.3, 0.4) is 0 Å². The third kappa shape index (κ3) is 4.82. The van der Waals surface area contributed by atoms with Crippen molar-refractivity contribution in [2.24, 2.45) is 5.92 Å². The summed E-state index contributed by atoms with van der Waals surface area (Å²) < 4.78 is 5.73. The average Bonchev–Trinajstić information content (AvgIpc) is 2.93. The lowest BCUT2D eigenvalue weighted by Crippen LogP contribution is -2.44. The highest BCUT2D eigenvalue weighted by Gasteiger charge is 2.27. The van der Waals surface area contributed by atoms with Gasteiger partial charge in [-0.3, -0.25) is 9.69 Å². The minimum absolute atomic E-state index is 0.0726. The standard InChI is InChI=1S/C18H31N3O2/c1-13(2)21-10-8-15(9-11-21)18(22)19-12-16(20(4)5)17-7-6-14(3)23-17/h6-7,13,15-16H,8-12H2,1-5H3,(H,19,22)/t16-/m1/s1. The quantitative estimate of drug-likeness (QED) is 0.874. The lowest BCUT2D eigenvalue weighted by molar-refractivity contribution is -0.126. The van der Waals surface area contributed by atoms with Crippen LogP contribution in [-0.4, -0.2) is 55.5 Å². The summed E-state index contributed by atoms with van der Waals surface area (Å²) in [6.07, 6.45) is 1.91. The van der Waals surface area contributed by atoms with Gasteiger partial charge in [-0.05, 0) is 72.9 Å². The van der Waals surface area contributed by atoms with E-state index in [1.807, 2.05) is 33.2 Å². The van der Waals surface area contributed by atoms with Crippen molar-refractivity contribution in [2.75, 3.05) is 33.7 Å². The molecule has 2 rings (SSSR count). The van der Waals surface area contributed by atoms with Gasteiger partial charge in [0.25, 0.3) is 0 Å². The largest absolute Gasteiger partial charge is 0.465 e. The van der Waals surface area contributed by atoms with Crippen LogP contribution in [0.1, 0.15) is 44.3 Å². The van der Waals surface area contributed by atoms with Crippen LogP contribution < -0.4 is 5.32 Å². The summed E-state index contributed by atoms with van der Waals surface area (Å²) in [4.78, 5) is 17.0. The van der Waals surface area contributed by atoms with E-state index in [0.717, 1.165) is 37.5 Å². The smallest absolute Gasteiger partial charge is 0.223 e. The van der Waals surface area contributed by atoms with E-state index in [9.17, 15) is 4.79 Å². The van der Waals surface area contributed by atoms with Crippen LogP contribution in [0, 0.1) is 12.8 Å². The van der Waals surface area contributed by atoms with Crippen LogP contribution in [0.4, 0.5) is 0 Å². The SMILES string of the molecule is Cc1ccc([C@@H](CNC(=O)C2CCN(C(C)C)CC2)N(C)C)o1. The van der Waals surface area contributed by atoms with Crippen molar-refractivity contribution in [3.63, 3.8) is 0 Å². The van der Waals surface area contributed by atoms with Gasteiger partial charge in [-0.1, -0.05) is 0 Å². The molecule has 130 valence electrons. The molecule has 0 saturated carbocycles. The Morgan fingerprint density at radius 2 is 2.00 bits per heavy atom. The number of furan rings is 1. The molecule has 0 aromatic carbocycles. The number of piperidine rings is 1. The molecule has 23 heavy (non-hydrogen) atoms. The summed E-state index contributed by atoms with van der Waals surface area (Å²) in [6, 6.07) is 4.60. The minimum atomic E-state index is 0.0726. The van der Waals surface area contributed by atoms with Gasteiger partial charge in [0.15, 0.2) is 0 Å². The Kier molecular flexibility index (Phi) is 6.25. The van der Waals surface area contributed by atoms with Crippen LogP contribution in [-0.2, 0) is 4.79 Å². The second-order valence-corrected chi connectivity index (χ2v) is 7.08. The number of carbonyl (C=O) groups is 1. The molecule has 0 bridgehead atoms. The highest BCUT2D eigenvalue weighted by atomic mass is 16.3. The first-order chi connectivity index (χ1) is 10.9. The Hall–Kier alpha value is -1.33. The molecule has 0 radical (unpaired) electrons. The zero-order valence-corrected chi connectivity index (χ0v) is 15.1. The average molecular weight is 321 g/mol. The Morgan fingerprint density at radius 3 is 2.48 bits per heavy atom. The third-order valence-electron chi connectivity index (χ3n) is 4.81. The van der Waals surface area contributed by atoms with Crippen LogP contribution in [0.15, 0.2) is 16.5 Å². The summed E-state index contributed by atoms with van der Waals surface area (Å²) in [7, 11) is 4.02. The molecular weight excluding hydrogens is 290 g/mol. The topological polar surface area (TPSA) is 48.7 Å². The normalized spacial score (nSPS) is 18.6. The van der Waals surface area contributed by atoms with Crippen molar-refractivity contribution in [1.82, 2.24) is 15.1 Å². The molecule has 2 heterocycles. The molecular formula is C18H31N3O2. The lowest BCUT2D eigenvalue weighted by Gasteiger charge is -2.34. The molecule has 1 aromatic rings. The molecule has 1 aromatic heterocycles. The van der Waals surface area contributed by atoms with E-state index in [0.29, 0.717) is 12.6 Å². The van der Waals surface area contributed by atoms with Gasteiger partial charge in [-0.25, -0.2) is 0 Å². The summed E-state index contributed by atoms with van der Waals surface area (Å²) in [5.74, 6) is 2.14. The van der Waals surface area contributed by atoms with Crippen molar-refractivity contribution in [3.8, 4) is 0 Å². The van der Waals surface area contributed by atoms with Crippen LogP contribution in [0.2, 0.25) is 0 Å². The van der Waals surface area contributed by atoms with Crippen molar-refractivity contribution in [2.45, 2.75) is 45.7 Å². The van der Waals surface area contributed by atoms with Crippen molar-refractivity contribution >= 4 is 5.91 Å². The molecule has 0 unspecified atom stereocenters. The number of hydrogen-bond acceptors (Lipinski definition) is 4. The summed E-state index contributed by atoms with van der Waals surface area (Å²) in [5, 5.41) is 3.13. The lowest BCUT2D eigenvalue weighted by atomic mass is 9.95. The first-order valence-electron chi connectivity index (χ1n) is 8.63. The first-order valence-corrected chi connectivity index (χ1v) is 8.63. The maximum absolute atomic E-state index is 12.5. The van der Waals surface area contributed by atoms with Crippen molar-refractivity contribution in [3.05, 3.63) is 23.7 Å². The fourth-order valence-electron chi connectivity index (χ4n) is 3.19. The van der Waals surface area contributed by atoms with Crippen molar-refractivity contribution in [1.29, 1.82) is 0 Å². The molecule has 5 nitrogen and oxygen atoms in total. The molecule has 1 N–H and O–H groups in total. The van der Waals surface area contributed by atoms with E-state index in [-0.39, 0.29) is 17.9 Å². The molecule has 1 aliphatic rings. The van der Waals surface area contributed by atoms with E-state index in [1.54, 1.807) is 0 Å². The van der Waals surface area contributed by atoms with Gasteiger partial charge >= 0.3 is 0 Å². The molecule has 1 aliphatic heterocycles. The van der Waals surface area contributed by atoms with Gasteiger partial charge in [0, 0.05) is 18.5 Å². The fraction of sp³-hybridized carbons (Fsp3) is 0.722. The number of carbonyl (C=O) groups excluding carboxylic acids is 1. The second kappa shape index (κ2) is 7.97. The number of likely N-dealkylation sites (tertiary alicyclic amines) is 1. The van der Waals surface area contributed by atoms with Gasteiger partial charge in [0.1, 0.15) is 11.5 Å². The molecule has 1 saturated heterocycles. The number of likely N-dealkylation sites (N-methyl/N-ethyl adjacent to an activating group) is 1. The van der Waals surface area contributed by atoms with Gasteiger partial charge < -0.3 is 14.6 Å². The maximum atomic E-state index is 12.5. The third-order valence-corrected chi connectivity index (χ3v) is 4.81. The molecule has 0 spiro atoms. The van der Waals surface area contributed by atoms with Gasteiger partial charge in [-0.2, -0.15) is 0 Å². The second-order valence-electron chi connectivity index (χ2n) is 7.08. The monoisotopic (exact) mass is 321 g/mol. The first kappa shape index (κ1) is 18.0. The predicted octanol–water partition coefficient (Wildman–Crippen LogP) is 2.43. The van der Waals surface area contributed by atoms with Crippen molar-refractivity contribution < 1.29 is 9.21 Å². The number of nitrogens with one attached hydrogen (secondary N) is 1. The zero-order chi connectivity index (χ0) is 17.0. The highest BCUT2D eigenvalue weighted by molar-refractivity contribution is 5.78. The number of nitrogens with zero attached hydrogens (tertiary/aromatic N) is 2.